The summed E-state index contributed by atoms with van der Waals surface area (Å²) in [6.07, 6.45) is 2.17. The fraction of sp³-hybridized carbons (Fsp3) is 0.368. The lowest BCUT2D eigenvalue weighted by Crippen LogP contribution is -2.24. The van der Waals surface area contributed by atoms with E-state index in [1.165, 1.54) is 16.7 Å². The summed E-state index contributed by atoms with van der Waals surface area (Å²) in [5.74, 6) is 0.410. The quantitative estimate of drug-likeness (QED) is 0.712. The van der Waals surface area contributed by atoms with E-state index in [-0.39, 0.29) is 0 Å². The van der Waals surface area contributed by atoms with E-state index in [1.54, 1.807) is 0 Å². The van der Waals surface area contributed by atoms with Crippen LogP contribution in [0.2, 0.25) is 5.02 Å². The molecule has 112 valence electrons. The van der Waals surface area contributed by atoms with Crippen LogP contribution in [0, 0.1) is 6.92 Å². The molecule has 0 saturated carbocycles. The van der Waals surface area contributed by atoms with Gasteiger partial charge in [-0.25, -0.2) is 0 Å². The zero-order valence-electron chi connectivity index (χ0n) is 12.9. The van der Waals surface area contributed by atoms with Crippen molar-refractivity contribution >= 4 is 11.6 Å². The Morgan fingerprint density at radius 3 is 2.43 bits per heavy atom. The van der Waals surface area contributed by atoms with E-state index >= 15 is 0 Å². The van der Waals surface area contributed by atoms with Crippen molar-refractivity contribution in [2.75, 3.05) is 13.1 Å². The van der Waals surface area contributed by atoms with Crippen molar-refractivity contribution in [2.45, 2.75) is 32.6 Å². The smallest absolute Gasteiger partial charge is 0.0441 e. The first-order chi connectivity index (χ1) is 10.2. The Morgan fingerprint density at radius 2 is 1.76 bits per heavy atom. The standard InChI is InChI=1S/C19H24ClN/c1-3-12-21-14-17(18-6-4-5-7-19(18)20)13-16-10-8-15(2)9-11-16/h4-11,17,21H,3,12-14H2,1-2H3. The molecule has 0 aliphatic heterocycles. The average Bonchev–Trinajstić information content (AvgIpc) is 2.49. The molecule has 0 heterocycles. The van der Waals surface area contributed by atoms with E-state index in [0.717, 1.165) is 31.0 Å². The summed E-state index contributed by atoms with van der Waals surface area (Å²) in [6.45, 7) is 6.33. The lowest BCUT2D eigenvalue weighted by molar-refractivity contribution is 0.577. The molecule has 1 unspecified atom stereocenters. The SMILES string of the molecule is CCCNCC(Cc1ccc(C)cc1)c1ccccc1Cl. The maximum atomic E-state index is 6.40. The molecule has 0 saturated heterocycles. The molecule has 0 amide bonds. The molecule has 2 rings (SSSR count). The molecule has 0 aliphatic carbocycles. The highest BCUT2D eigenvalue weighted by atomic mass is 35.5. The van der Waals surface area contributed by atoms with Crippen LogP contribution in [0.1, 0.15) is 36.0 Å². The molecular weight excluding hydrogens is 278 g/mol. The third-order valence-corrected chi connectivity index (χ3v) is 4.11. The van der Waals surface area contributed by atoms with Crippen molar-refractivity contribution in [2.24, 2.45) is 0 Å². The van der Waals surface area contributed by atoms with Gasteiger partial charge in [-0.3, -0.25) is 0 Å². The highest BCUT2D eigenvalue weighted by molar-refractivity contribution is 6.31. The van der Waals surface area contributed by atoms with Crippen LogP contribution >= 0.6 is 11.6 Å². The van der Waals surface area contributed by atoms with Gasteiger partial charge in [0, 0.05) is 17.5 Å². The van der Waals surface area contributed by atoms with Gasteiger partial charge in [0.2, 0.25) is 0 Å². The number of halogens is 1. The summed E-state index contributed by atoms with van der Waals surface area (Å²) in [4.78, 5) is 0. The van der Waals surface area contributed by atoms with Crippen LogP contribution in [-0.2, 0) is 6.42 Å². The number of rotatable bonds is 7. The van der Waals surface area contributed by atoms with E-state index in [0.29, 0.717) is 5.92 Å². The highest BCUT2D eigenvalue weighted by Gasteiger charge is 2.15. The number of benzene rings is 2. The lowest BCUT2D eigenvalue weighted by Gasteiger charge is -2.19. The number of hydrogen-bond donors (Lipinski definition) is 1. The molecule has 1 N–H and O–H groups in total. The van der Waals surface area contributed by atoms with Gasteiger partial charge in [0.05, 0.1) is 0 Å². The second-order valence-corrected chi connectivity index (χ2v) is 6.02. The van der Waals surface area contributed by atoms with Crippen LogP contribution in [0.15, 0.2) is 48.5 Å². The van der Waals surface area contributed by atoms with Crippen LogP contribution in [0.4, 0.5) is 0 Å². The van der Waals surface area contributed by atoms with Crippen molar-refractivity contribution in [1.82, 2.24) is 5.32 Å². The molecule has 1 atom stereocenters. The van der Waals surface area contributed by atoms with E-state index in [9.17, 15) is 0 Å². The van der Waals surface area contributed by atoms with Crippen molar-refractivity contribution < 1.29 is 0 Å². The molecule has 2 heteroatoms. The minimum atomic E-state index is 0.410. The second-order valence-electron chi connectivity index (χ2n) is 5.61. The van der Waals surface area contributed by atoms with Gasteiger partial charge in [0.15, 0.2) is 0 Å². The van der Waals surface area contributed by atoms with Gasteiger partial charge in [-0.05, 0) is 43.5 Å². The van der Waals surface area contributed by atoms with Crippen molar-refractivity contribution in [3.05, 3.63) is 70.2 Å². The largest absolute Gasteiger partial charge is 0.316 e. The van der Waals surface area contributed by atoms with Gasteiger partial charge < -0.3 is 5.32 Å². The molecule has 1 nitrogen and oxygen atoms in total. The minimum absolute atomic E-state index is 0.410. The molecule has 0 aliphatic rings. The summed E-state index contributed by atoms with van der Waals surface area (Å²) >= 11 is 6.40. The van der Waals surface area contributed by atoms with E-state index < -0.39 is 0 Å². The second kappa shape index (κ2) is 8.21. The molecule has 0 fully saturated rings. The van der Waals surface area contributed by atoms with Crippen molar-refractivity contribution in [3.8, 4) is 0 Å². The van der Waals surface area contributed by atoms with Crippen LogP contribution in [-0.4, -0.2) is 13.1 Å². The molecule has 0 spiro atoms. The maximum absolute atomic E-state index is 6.40. The predicted molar refractivity (Wildman–Crippen MR) is 92.2 cm³/mol. The average molecular weight is 302 g/mol. The summed E-state index contributed by atoms with van der Waals surface area (Å²) in [5.41, 5.74) is 3.91. The first kappa shape index (κ1) is 16.1. The van der Waals surface area contributed by atoms with Crippen LogP contribution in [0.25, 0.3) is 0 Å². The summed E-state index contributed by atoms with van der Waals surface area (Å²) in [5, 5.41) is 4.40. The van der Waals surface area contributed by atoms with E-state index in [2.05, 4.69) is 55.6 Å². The van der Waals surface area contributed by atoms with Gasteiger partial charge in [-0.1, -0.05) is 66.6 Å². The van der Waals surface area contributed by atoms with Crippen LogP contribution in [0.5, 0.6) is 0 Å². The van der Waals surface area contributed by atoms with Crippen LogP contribution in [0.3, 0.4) is 0 Å². The molecule has 0 aromatic heterocycles. The van der Waals surface area contributed by atoms with Gasteiger partial charge >= 0.3 is 0 Å². The first-order valence-corrected chi connectivity index (χ1v) is 8.09. The van der Waals surface area contributed by atoms with Gasteiger partial charge in [0.1, 0.15) is 0 Å². The Labute approximate surface area is 133 Å². The van der Waals surface area contributed by atoms with Gasteiger partial charge in [-0.15, -0.1) is 0 Å². The molecule has 2 aromatic carbocycles. The zero-order valence-corrected chi connectivity index (χ0v) is 13.7. The number of nitrogens with one attached hydrogen (secondary N) is 1. The third kappa shape index (κ3) is 4.87. The Hall–Kier alpha value is -1.31. The minimum Gasteiger partial charge on any atom is -0.316 e. The Bertz CT molecular complexity index is 548. The predicted octanol–water partition coefficient (Wildman–Crippen LogP) is 4.97. The van der Waals surface area contributed by atoms with Gasteiger partial charge in [0.25, 0.3) is 0 Å². The summed E-state index contributed by atoms with van der Waals surface area (Å²) < 4.78 is 0. The van der Waals surface area contributed by atoms with Gasteiger partial charge in [-0.2, -0.15) is 0 Å². The lowest BCUT2D eigenvalue weighted by atomic mass is 9.91. The fourth-order valence-electron chi connectivity index (χ4n) is 2.56. The monoisotopic (exact) mass is 301 g/mol. The zero-order chi connectivity index (χ0) is 15.1. The number of hydrogen-bond acceptors (Lipinski definition) is 1. The molecule has 2 aromatic rings. The van der Waals surface area contributed by atoms with E-state index in [4.69, 9.17) is 11.6 Å². The fourth-order valence-corrected chi connectivity index (χ4v) is 2.85. The Morgan fingerprint density at radius 1 is 1.05 bits per heavy atom. The maximum Gasteiger partial charge on any atom is 0.0441 e. The summed E-state index contributed by atoms with van der Waals surface area (Å²) in [6, 6.07) is 17.0. The van der Waals surface area contributed by atoms with Crippen molar-refractivity contribution in [3.63, 3.8) is 0 Å². The normalized spacial score (nSPS) is 12.3. The molecule has 0 radical (unpaired) electrons. The molecular formula is C19H24ClN. The highest BCUT2D eigenvalue weighted by Crippen LogP contribution is 2.27. The number of aryl methyl sites for hydroxylation is 1. The molecule has 0 bridgehead atoms. The Balaban J connectivity index is 2.15. The third-order valence-electron chi connectivity index (χ3n) is 3.77. The first-order valence-electron chi connectivity index (χ1n) is 7.71. The molecule has 21 heavy (non-hydrogen) atoms. The van der Waals surface area contributed by atoms with Crippen molar-refractivity contribution in [1.29, 1.82) is 0 Å². The topological polar surface area (TPSA) is 12.0 Å². The summed E-state index contributed by atoms with van der Waals surface area (Å²) in [7, 11) is 0. The van der Waals surface area contributed by atoms with Crippen LogP contribution < -0.4 is 5.32 Å². The Kier molecular flexibility index (Phi) is 6.28. The van der Waals surface area contributed by atoms with E-state index in [1.807, 2.05) is 12.1 Å².